The molecule has 0 saturated heterocycles. The topological polar surface area (TPSA) is 113 Å². The molecule has 7 nitrogen and oxygen atoms in total. The average molecular weight is 385 g/mol. The summed E-state index contributed by atoms with van der Waals surface area (Å²) < 4.78 is 5.68. The number of rotatable bonds is 5. The van der Waals surface area contributed by atoms with Crippen LogP contribution in [0.1, 0.15) is 38.7 Å². The molecule has 0 spiro atoms. The van der Waals surface area contributed by atoms with Crippen LogP contribution in [0.25, 0.3) is 0 Å². The van der Waals surface area contributed by atoms with Crippen molar-refractivity contribution in [2.24, 2.45) is 22.7 Å². The van der Waals surface area contributed by atoms with Crippen LogP contribution in [0.2, 0.25) is 0 Å². The normalized spacial score (nSPS) is 27.1. The number of hydrogen-bond donors (Lipinski definition) is 2. The van der Waals surface area contributed by atoms with E-state index in [9.17, 15) is 24.6 Å². The van der Waals surface area contributed by atoms with Crippen molar-refractivity contribution in [1.29, 1.82) is 0 Å². The maximum atomic E-state index is 13.2. The Bertz CT molecular complexity index is 900. The van der Waals surface area contributed by atoms with Gasteiger partial charge < -0.3 is 14.9 Å². The van der Waals surface area contributed by atoms with Crippen LogP contribution >= 0.6 is 0 Å². The number of aliphatic carboxylic acids is 2. The van der Waals surface area contributed by atoms with E-state index in [1.807, 2.05) is 6.92 Å². The van der Waals surface area contributed by atoms with Gasteiger partial charge in [-0.05, 0) is 32.3 Å². The fourth-order valence-electron chi connectivity index (χ4n) is 4.27. The van der Waals surface area contributed by atoms with Crippen molar-refractivity contribution in [3.05, 3.63) is 41.1 Å². The Morgan fingerprint density at radius 3 is 2.43 bits per heavy atom. The van der Waals surface area contributed by atoms with Gasteiger partial charge in [0.15, 0.2) is 5.78 Å². The van der Waals surface area contributed by atoms with Crippen LogP contribution < -0.4 is 4.74 Å². The third-order valence-corrected chi connectivity index (χ3v) is 5.43. The zero-order chi connectivity index (χ0) is 20.6. The summed E-state index contributed by atoms with van der Waals surface area (Å²) in [5.41, 5.74) is 1.64. The van der Waals surface area contributed by atoms with Gasteiger partial charge in [0.25, 0.3) is 0 Å². The molecule has 1 aromatic carbocycles. The van der Waals surface area contributed by atoms with E-state index in [2.05, 4.69) is 4.99 Å². The first-order chi connectivity index (χ1) is 13.3. The molecule has 0 bridgehead atoms. The molecule has 1 aromatic rings. The summed E-state index contributed by atoms with van der Waals surface area (Å²) in [5, 5.41) is 19.5. The average Bonchev–Trinajstić information content (AvgIpc) is 2.60. The summed E-state index contributed by atoms with van der Waals surface area (Å²) in [6.45, 7) is 5.54. The fourth-order valence-corrected chi connectivity index (χ4v) is 4.27. The van der Waals surface area contributed by atoms with E-state index in [0.29, 0.717) is 35.7 Å². The molecule has 148 valence electrons. The number of carbonyl (C=O) groups is 3. The van der Waals surface area contributed by atoms with Gasteiger partial charge in [-0.1, -0.05) is 25.1 Å². The Morgan fingerprint density at radius 1 is 1.18 bits per heavy atom. The summed E-state index contributed by atoms with van der Waals surface area (Å²) >= 11 is 0. The summed E-state index contributed by atoms with van der Waals surface area (Å²) in [7, 11) is 0. The van der Waals surface area contributed by atoms with Gasteiger partial charge in [-0.25, -0.2) is 0 Å². The van der Waals surface area contributed by atoms with Gasteiger partial charge in [-0.15, -0.1) is 0 Å². The SMILES string of the molecule is CCOc1ccccc1C1C2=C(CC(C)C(C(=O)O)C2=O)N=C(C)C1C(=O)O. The van der Waals surface area contributed by atoms with Gasteiger partial charge in [-0.3, -0.25) is 19.4 Å². The van der Waals surface area contributed by atoms with E-state index < -0.39 is 41.4 Å². The maximum Gasteiger partial charge on any atom is 0.314 e. The highest BCUT2D eigenvalue weighted by atomic mass is 16.5. The third kappa shape index (κ3) is 3.21. The number of ether oxygens (including phenoxy) is 1. The van der Waals surface area contributed by atoms with Gasteiger partial charge in [-0.2, -0.15) is 0 Å². The molecule has 0 saturated carbocycles. The number of para-hydroxylation sites is 1. The molecule has 0 amide bonds. The Balaban J connectivity index is 2.25. The smallest absolute Gasteiger partial charge is 0.314 e. The Morgan fingerprint density at radius 2 is 1.82 bits per heavy atom. The van der Waals surface area contributed by atoms with Crippen molar-refractivity contribution in [2.45, 2.75) is 33.1 Å². The molecule has 2 aliphatic rings. The molecule has 3 rings (SSSR count). The molecule has 4 unspecified atom stereocenters. The molecule has 1 aliphatic heterocycles. The monoisotopic (exact) mass is 385 g/mol. The van der Waals surface area contributed by atoms with Crippen molar-refractivity contribution < 1.29 is 29.3 Å². The molecule has 2 N–H and O–H groups in total. The Labute approximate surface area is 162 Å². The highest BCUT2D eigenvalue weighted by molar-refractivity contribution is 6.14. The van der Waals surface area contributed by atoms with Crippen LogP contribution in [0.3, 0.4) is 0 Å². The van der Waals surface area contributed by atoms with Gasteiger partial charge in [0.05, 0.1) is 6.61 Å². The minimum atomic E-state index is -1.21. The van der Waals surface area contributed by atoms with E-state index in [1.54, 1.807) is 38.1 Å². The molecule has 0 aromatic heterocycles. The number of aliphatic imine (C=N–C) groups is 1. The minimum Gasteiger partial charge on any atom is -0.494 e. The maximum absolute atomic E-state index is 13.2. The second-order valence-electron chi connectivity index (χ2n) is 7.24. The Hall–Kier alpha value is -2.96. The number of allylic oxidation sites excluding steroid dienone is 2. The van der Waals surface area contributed by atoms with Gasteiger partial charge in [0.2, 0.25) is 0 Å². The highest BCUT2D eigenvalue weighted by Gasteiger charge is 2.49. The van der Waals surface area contributed by atoms with Crippen LogP contribution in [0.15, 0.2) is 40.5 Å². The predicted octanol–water partition coefficient (Wildman–Crippen LogP) is 2.91. The van der Waals surface area contributed by atoms with E-state index >= 15 is 0 Å². The lowest BCUT2D eigenvalue weighted by Gasteiger charge is -2.37. The van der Waals surface area contributed by atoms with Gasteiger partial charge >= 0.3 is 11.9 Å². The summed E-state index contributed by atoms with van der Waals surface area (Å²) in [5.74, 6) is -5.89. The van der Waals surface area contributed by atoms with Crippen LogP contribution in [0.5, 0.6) is 5.75 Å². The first-order valence-electron chi connectivity index (χ1n) is 9.27. The molecule has 0 fully saturated rings. The van der Waals surface area contributed by atoms with E-state index in [1.165, 1.54) is 0 Å². The van der Waals surface area contributed by atoms with Crippen LogP contribution in [-0.2, 0) is 14.4 Å². The van der Waals surface area contributed by atoms with Gasteiger partial charge in [0, 0.05) is 28.5 Å². The van der Waals surface area contributed by atoms with Crippen molar-refractivity contribution in [3.8, 4) is 5.75 Å². The summed E-state index contributed by atoms with van der Waals surface area (Å²) in [6.07, 6.45) is 0.315. The fraction of sp³-hybridized carbons (Fsp3) is 0.429. The van der Waals surface area contributed by atoms with Crippen molar-refractivity contribution in [2.75, 3.05) is 6.61 Å². The second kappa shape index (κ2) is 7.58. The summed E-state index contributed by atoms with van der Waals surface area (Å²) in [4.78, 5) is 41.4. The second-order valence-corrected chi connectivity index (χ2v) is 7.24. The Kier molecular flexibility index (Phi) is 5.36. The zero-order valence-corrected chi connectivity index (χ0v) is 16.0. The lowest BCUT2D eigenvalue weighted by Crippen LogP contribution is -2.42. The van der Waals surface area contributed by atoms with Crippen molar-refractivity contribution >= 4 is 23.4 Å². The number of nitrogens with zero attached hydrogens (tertiary/aromatic N) is 1. The number of benzene rings is 1. The van der Waals surface area contributed by atoms with Crippen molar-refractivity contribution in [1.82, 2.24) is 0 Å². The lowest BCUT2D eigenvalue weighted by atomic mass is 9.67. The minimum absolute atomic E-state index is 0.190. The molecule has 1 aliphatic carbocycles. The van der Waals surface area contributed by atoms with Crippen LogP contribution in [0, 0.1) is 17.8 Å². The largest absolute Gasteiger partial charge is 0.494 e. The van der Waals surface area contributed by atoms with E-state index in [0.717, 1.165) is 0 Å². The van der Waals surface area contributed by atoms with Crippen LogP contribution in [-0.4, -0.2) is 40.3 Å². The predicted molar refractivity (Wildman–Crippen MR) is 102 cm³/mol. The molecular weight excluding hydrogens is 362 g/mol. The van der Waals surface area contributed by atoms with Gasteiger partial charge in [0.1, 0.15) is 17.6 Å². The lowest BCUT2D eigenvalue weighted by molar-refractivity contribution is -0.147. The molecule has 1 heterocycles. The van der Waals surface area contributed by atoms with Crippen molar-refractivity contribution in [3.63, 3.8) is 0 Å². The van der Waals surface area contributed by atoms with E-state index in [4.69, 9.17) is 4.74 Å². The number of hydrogen-bond acceptors (Lipinski definition) is 5. The first kappa shape index (κ1) is 19.8. The number of Topliss-reactive ketones (excluding diaryl/α,β-unsaturated/α-hetero) is 1. The third-order valence-electron chi connectivity index (χ3n) is 5.43. The number of carboxylic acids is 2. The van der Waals surface area contributed by atoms with E-state index in [-0.39, 0.29) is 5.57 Å². The molecule has 7 heteroatoms. The number of carboxylic acid groups (broad SMARTS) is 2. The first-order valence-corrected chi connectivity index (χ1v) is 9.27. The highest BCUT2D eigenvalue weighted by Crippen LogP contribution is 2.48. The molecular formula is C21H23NO6. The number of ketones is 1. The molecule has 4 atom stereocenters. The number of carbonyl (C=O) groups excluding carboxylic acids is 1. The summed E-state index contributed by atoms with van der Waals surface area (Å²) in [6, 6.07) is 6.98. The molecule has 0 radical (unpaired) electrons. The van der Waals surface area contributed by atoms with Crippen LogP contribution in [0.4, 0.5) is 0 Å². The molecule has 28 heavy (non-hydrogen) atoms. The standard InChI is InChI=1S/C21H23NO6/c1-4-28-14-8-6-5-7-12(14)17-16(21(26)27)11(3)22-13-9-10(2)15(20(24)25)19(23)18(13)17/h5-8,10,15-17H,4,9H2,1-3H3,(H,24,25)(H,26,27). The zero-order valence-electron chi connectivity index (χ0n) is 16.0. The quantitative estimate of drug-likeness (QED) is 0.754.